The molecule has 0 aromatic heterocycles. The molecule has 0 heterocycles. The molecule has 0 fully saturated rings. The number of alkyl carbamates (subject to hydrolysis) is 1. The van der Waals surface area contributed by atoms with Crippen LogP contribution >= 0.6 is 0 Å². The molecule has 0 unspecified atom stereocenters. The van der Waals surface area contributed by atoms with E-state index in [0.717, 1.165) is 0 Å². The maximum Gasteiger partial charge on any atom is 0.408 e. The molecule has 0 rings (SSSR count). The van der Waals surface area contributed by atoms with Crippen molar-refractivity contribution in [2.75, 3.05) is 13.7 Å². The monoisotopic (exact) mass is 503 g/mol. The summed E-state index contributed by atoms with van der Waals surface area (Å²) in [5.74, 6) is -3.55. The van der Waals surface area contributed by atoms with Crippen molar-refractivity contribution >= 4 is 29.9 Å². The molecule has 0 saturated heterocycles. The van der Waals surface area contributed by atoms with Crippen LogP contribution in [0.4, 0.5) is 4.79 Å². The number of carboxylic acid groups (broad SMARTS) is 1. The molecule has 0 aliphatic carbocycles. The number of carbonyl (C=O) groups excluding carboxylic acids is 4. The van der Waals surface area contributed by atoms with Gasteiger partial charge in [0.2, 0.25) is 5.91 Å². The SMILES string of the molecule is COC(=O)[C@H](CCCCN)OC(=O)[C@H](CC(C)C)NC(=O)[C@H](CCC(=O)O)NC(=O)OC(C)(C)C. The van der Waals surface area contributed by atoms with Gasteiger partial charge in [0.1, 0.15) is 17.7 Å². The van der Waals surface area contributed by atoms with Gasteiger partial charge in [-0.15, -0.1) is 0 Å². The smallest absolute Gasteiger partial charge is 0.408 e. The van der Waals surface area contributed by atoms with E-state index in [9.17, 15) is 24.0 Å². The fourth-order valence-electron chi connectivity index (χ4n) is 3.00. The van der Waals surface area contributed by atoms with Gasteiger partial charge in [0, 0.05) is 6.42 Å². The van der Waals surface area contributed by atoms with E-state index in [-0.39, 0.29) is 25.2 Å². The minimum absolute atomic E-state index is 0.0436. The maximum atomic E-state index is 13.0. The van der Waals surface area contributed by atoms with Crippen molar-refractivity contribution in [3.8, 4) is 0 Å². The molecule has 35 heavy (non-hydrogen) atoms. The molecule has 5 N–H and O–H groups in total. The third-order valence-corrected chi connectivity index (χ3v) is 4.61. The minimum Gasteiger partial charge on any atom is -0.481 e. The number of ether oxygens (including phenoxy) is 3. The van der Waals surface area contributed by atoms with Crippen LogP contribution in [0.3, 0.4) is 0 Å². The summed E-state index contributed by atoms with van der Waals surface area (Å²) in [5.41, 5.74) is 4.64. The molecule has 0 aromatic carbocycles. The first-order chi connectivity index (χ1) is 16.2. The second-order valence-electron chi connectivity index (χ2n) is 9.56. The molecule has 0 radical (unpaired) electrons. The average molecular weight is 504 g/mol. The zero-order valence-corrected chi connectivity index (χ0v) is 21.5. The molecule has 0 bridgehead atoms. The van der Waals surface area contributed by atoms with Crippen molar-refractivity contribution in [2.24, 2.45) is 11.7 Å². The highest BCUT2D eigenvalue weighted by molar-refractivity contribution is 5.90. The Morgan fingerprint density at radius 2 is 1.57 bits per heavy atom. The molecule has 202 valence electrons. The molecule has 0 spiro atoms. The van der Waals surface area contributed by atoms with E-state index in [1.54, 1.807) is 20.8 Å². The lowest BCUT2D eigenvalue weighted by Crippen LogP contribution is -2.53. The molecule has 0 aliphatic rings. The third-order valence-electron chi connectivity index (χ3n) is 4.61. The number of unbranched alkanes of at least 4 members (excludes halogenated alkanes) is 1. The lowest BCUT2D eigenvalue weighted by atomic mass is 10.0. The molecular weight excluding hydrogens is 462 g/mol. The van der Waals surface area contributed by atoms with Crippen molar-refractivity contribution in [2.45, 2.75) is 96.9 Å². The fraction of sp³-hybridized carbons (Fsp3) is 0.783. The Hall–Kier alpha value is -2.89. The Labute approximate surface area is 206 Å². The second kappa shape index (κ2) is 15.9. The van der Waals surface area contributed by atoms with Crippen LogP contribution in [0.15, 0.2) is 0 Å². The van der Waals surface area contributed by atoms with Crippen molar-refractivity contribution in [3.63, 3.8) is 0 Å². The number of esters is 2. The number of methoxy groups -OCH3 is 1. The van der Waals surface area contributed by atoms with Crippen molar-refractivity contribution in [1.29, 1.82) is 0 Å². The highest BCUT2D eigenvalue weighted by Crippen LogP contribution is 2.13. The summed E-state index contributed by atoms with van der Waals surface area (Å²) in [6.07, 6.45) is -1.16. The number of carbonyl (C=O) groups is 5. The predicted molar refractivity (Wildman–Crippen MR) is 126 cm³/mol. The van der Waals surface area contributed by atoms with Crippen LogP contribution in [-0.4, -0.2) is 72.5 Å². The Morgan fingerprint density at radius 3 is 2.06 bits per heavy atom. The van der Waals surface area contributed by atoms with E-state index in [1.165, 1.54) is 7.11 Å². The summed E-state index contributed by atoms with van der Waals surface area (Å²) < 4.78 is 15.2. The van der Waals surface area contributed by atoms with E-state index >= 15 is 0 Å². The number of rotatable bonds is 15. The van der Waals surface area contributed by atoms with Gasteiger partial charge in [0.15, 0.2) is 6.10 Å². The number of hydrogen-bond acceptors (Lipinski definition) is 9. The Morgan fingerprint density at radius 1 is 0.943 bits per heavy atom. The highest BCUT2D eigenvalue weighted by atomic mass is 16.6. The molecule has 2 amide bonds. The van der Waals surface area contributed by atoms with E-state index < -0.39 is 60.1 Å². The van der Waals surface area contributed by atoms with Crippen molar-refractivity contribution < 1.29 is 43.3 Å². The summed E-state index contributed by atoms with van der Waals surface area (Å²) in [4.78, 5) is 61.1. The van der Waals surface area contributed by atoms with Gasteiger partial charge in [-0.05, 0) is 65.3 Å². The number of nitrogens with two attached hydrogens (primary N) is 1. The fourth-order valence-corrected chi connectivity index (χ4v) is 3.00. The first-order valence-electron chi connectivity index (χ1n) is 11.7. The quantitative estimate of drug-likeness (QED) is 0.145. The first-order valence-corrected chi connectivity index (χ1v) is 11.7. The van der Waals surface area contributed by atoms with Crippen LogP contribution in [0.5, 0.6) is 0 Å². The van der Waals surface area contributed by atoms with Gasteiger partial charge in [-0.3, -0.25) is 9.59 Å². The second-order valence-corrected chi connectivity index (χ2v) is 9.56. The van der Waals surface area contributed by atoms with Crippen LogP contribution in [0.25, 0.3) is 0 Å². The molecule has 0 aromatic rings. The van der Waals surface area contributed by atoms with E-state index in [2.05, 4.69) is 10.6 Å². The molecule has 0 aliphatic heterocycles. The normalized spacial score (nSPS) is 13.8. The predicted octanol–water partition coefficient (Wildman–Crippen LogP) is 1.49. The maximum absolute atomic E-state index is 13.0. The highest BCUT2D eigenvalue weighted by Gasteiger charge is 2.32. The minimum atomic E-state index is -1.27. The standard InChI is InChI=1S/C23H41N3O9/c1-14(2)13-16(20(30)34-17(21(31)33-6)9-7-8-12-24)25-19(29)15(10-11-18(27)28)26-22(32)35-23(3,4)5/h14-17H,7-13,24H2,1-6H3,(H,25,29)(H,26,32)(H,27,28)/t15-,16-,17-/m0/s1. The topological polar surface area (TPSA) is 183 Å². The van der Waals surface area contributed by atoms with Crippen molar-refractivity contribution in [1.82, 2.24) is 10.6 Å². The molecular formula is C23H41N3O9. The summed E-state index contributed by atoms with van der Waals surface area (Å²) >= 11 is 0. The number of hydrogen-bond donors (Lipinski definition) is 4. The average Bonchev–Trinajstić information content (AvgIpc) is 2.73. The number of nitrogens with one attached hydrogen (secondary N) is 2. The number of aliphatic carboxylic acids is 1. The van der Waals surface area contributed by atoms with Crippen LogP contribution < -0.4 is 16.4 Å². The zero-order chi connectivity index (χ0) is 27.2. The van der Waals surface area contributed by atoms with Gasteiger partial charge < -0.3 is 35.7 Å². The van der Waals surface area contributed by atoms with Crippen LogP contribution in [0.2, 0.25) is 0 Å². The van der Waals surface area contributed by atoms with E-state index in [4.69, 9.17) is 25.1 Å². The zero-order valence-electron chi connectivity index (χ0n) is 21.5. The third kappa shape index (κ3) is 14.9. The molecule has 12 heteroatoms. The summed E-state index contributed by atoms with van der Waals surface area (Å²) in [6.45, 7) is 8.98. The van der Waals surface area contributed by atoms with Gasteiger partial charge in [-0.2, -0.15) is 0 Å². The summed E-state index contributed by atoms with van der Waals surface area (Å²) in [6, 6.07) is -2.42. The Balaban J connectivity index is 5.55. The molecule has 12 nitrogen and oxygen atoms in total. The summed E-state index contributed by atoms with van der Waals surface area (Å²) in [7, 11) is 1.18. The summed E-state index contributed by atoms with van der Waals surface area (Å²) in [5, 5.41) is 13.9. The van der Waals surface area contributed by atoms with E-state index in [1.807, 2.05) is 13.8 Å². The van der Waals surface area contributed by atoms with Crippen LogP contribution in [0, 0.1) is 5.92 Å². The van der Waals surface area contributed by atoms with E-state index in [0.29, 0.717) is 19.4 Å². The lowest BCUT2D eigenvalue weighted by Gasteiger charge is -2.26. The van der Waals surface area contributed by atoms with Crippen molar-refractivity contribution in [3.05, 3.63) is 0 Å². The number of carboxylic acids is 1. The Bertz CT molecular complexity index is 720. The molecule has 3 atom stereocenters. The largest absolute Gasteiger partial charge is 0.481 e. The Kier molecular flexibility index (Phi) is 14.6. The number of amides is 2. The van der Waals surface area contributed by atoms with Gasteiger partial charge in [-0.1, -0.05) is 13.8 Å². The first kappa shape index (κ1) is 32.1. The van der Waals surface area contributed by atoms with Gasteiger partial charge in [0.25, 0.3) is 0 Å². The van der Waals surface area contributed by atoms with Gasteiger partial charge >= 0.3 is 24.0 Å². The van der Waals surface area contributed by atoms with Crippen LogP contribution in [0.1, 0.15) is 73.1 Å². The lowest BCUT2D eigenvalue weighted by molar-refractivity contribution is -0.168. The molecule has 0 saturated carbocycles. The van der Waals surface area contributed by atoms with Gasteiger partial charge in [-0.25, -0.2) is 14.4 Å². The van der Waals surface area contributed by atoms with Gasteiger partial charge in [0.05, 0.1) is 7.11 Å². The van der Waals surface area contributed by atoms with Crippen LogP contribution in [-0.2, 0) is 33.4 Å².